The Hall–Kier alpha value is -3.48. The molecule has 0 radical (unpaired) electrons. The van der Waals surface area contributed by atoms with Crippen molar-refractivity contribution >= 4 is 29.1 Å². The quantitative estimate of drug-likeness (QED) is 0.579. The molecule has 0 atom stereocenters. The Balaban J connectivity index is 1.67. The number of hydrogen-bond acceptors (Lipinski definition) is 7. The number of nitrogens with zero attached hydrogens (tertiary/aromatic N) is 3. The van der Waals surface area contributed by atoms with Gasteiger partial charge in [0.25, 0.3) is 0 Å². The van der Waals surface area contributed by atoms with E-state index >= 15 is 0 Å². The standard InChI is InChI=1S/C21H23N5O2/c1-4-28-20(27)16-7-11-17(12-8-16)23-19-13-22-26-21(25-19)24-18-9-5-15(6-10-18)14(2)3/h5-14H,4H2,1-3H3,(H2,23,24,25,26). The van der Waals surface area contributed by atoms with Crippen LogP contribution >= 0.6 is 0 Å². The molecule has 7 nitrogen and oxygen atoms in total. The van der Waals surface area contributed by atoms with Crippen LogP contribution in [0, 0.1) is 0 Å². The molecular weight excluding hydrogens is 354 g/mol. The number of carbonyl (C=O) groups is 1. The second-order valence-corrected chi connectivity index (χ2v) is 6.49. The predicted molar refractivity (Wildman–Crippen MR) is 109 cm³/mol. The van der Waals surface area contributed by atoms with E-state index in [2.05, 4.69) is 51.8 Å². The zero-order valence-electron chi connectivity index (χ0n) is 16.1. The fourth-order valence-corrected chi connectivity index (χ4v) is 2.55. The van der Waals surface area contributed by atoms with Crippen LogP contribution in [-0.2, 0) is 4.74 Å². The zero-order valence-corrected chi connectivity index (χ0v) is 16.1. The number of esters is 1. The normalized spacial score (nSPS) is 10.6. The summed E-state index contributed by atoms with van der Waals surface area (Å²) in [6.07, 6.45) is 1.53. The number of hydrogen-bond donors (Lipinski definition) is 2. The lowest BCUT2D eigenvalue weighted by Crippen LogP contribution is -2.05. The van der Waals surface area contributed by atoms with E-state index in [1.54, 1.807) is 31.2 Å². The van der Waals surface area contributed by atoms with Crippen molar-refractivity contribution in [2.24, 2.45) is 0 Å². The van der Waals surface area contributed by atoms with Gasteiger partial charge in [-0.3, -0.25) is 0 Å². The lowest BCUT2D eigenvalue weighted by molar-refractivity contribution is 0.0526. The maximum absolute atomic E-state index is 11.7. The Bertz CT molecular complexity index is 924. The number of benzene rings is 2. The van der Waals surface area contributed by atoms with E-state index in [0.717, 1.165) is 11.4 Å². The molecule has 3 aromatic rings. The molecule has 0 aliphatic heterocycles. The maximum Gasteiger partial charge on any atom is 0.338 e. The molecule has 0 spiro atoms. The summed E-state index contributed by atoms with van der Waals surface area (Å²) in [5.41, 5.74) is 3.44. The highest BCUT2D eigenvalue weighted by Gasteiger charge is 2.07. The third-order valence-corrected chi connectivity index (χ3v) is 4.06. The Morgan fingerprint density at radius 3 is 2.29 bits per heavy atom. The van der Waals surface area contributed by atoms with Crippen LogP contribution in [0.25, 0.3) is 0 Å². The summed E-state index contributed by atoms with van der Waals surface area (Å²) in [7, 11) is 0. The highest BCUT2D eigenvalue weighted by molar-refractivity contribution is 5.89. The van der Waals surface area contributed by atoms with E-state index in [9.17, 15) is 4.79 Å². The van der Waals surface area contributed by atoms with Crippen LogP contribution in [0.5, 0.6) is 0 Å². The Morgan fingerprint density at radius 2 is 1.64 bits per heavy atom. The van der Waals surface area contributed by atoms with Crippen molar-refractivity contribution in [2.45, 2.75) is 26.7 Å². The lowest BCUT2D eigenvalue weighted by Gasteiger charge is -2.09. The van der Waals surface area contributed by atoms with Crippen molar-refractivity contribution in [3.05, 3.63) is 65.9 Å². The van der Waals surface area contributed by atoms with E-state index in [-0.39, 0.29) is 5.97 Å². The minimum atomic E-state index is -0.340. The van der Waals surface area contributed by atoms with Crippen LogP contribution in [0.2, 0.25) is 0 Å². The van der Waals surface area contributed by atoms with Crippen molar-refractivity contribution in [2.75, 3.05) is 17.2 Å². The highest BCUT2D eigenvalue weighted by atomic mass is 16.5. The van der Waals surface area contributed by atoms with Crippen molar-refractivity contribution in [1.29, 1.82) is 0 Å². The van der Waals surface area contributed by atoms with E-state index < -0.39 is 0 Å². The second-order valence-electron chi connectivity index (χ2n) is 6.49. The summed E-state index contributed by atoms with van der Waals surface area (Å²) >= 11 is 0. The van der Waals surface area contributed by atoms with Gasteiger partial charge in [0.15, 0.2) is 5.82 Å². The molecule has 1 aromatic heterocycles. The van der Waals surface area contributed by atoms with Gasteiger partial charge in [0.1, 0.15) is 0 Å². The minimum Gasteiger partial charge on any atom is -0.462 e. The third kappa shape index (κ3) is 5.03. The molecule has 1 heterocycles. The van der Waals surface area contributed by atoms with Gasteiger partial charge in [-0.1, -0.05) is 26.0 Å². The molecule has 0 aliphatic rings. The maximum atomic E-state index is 11.7. The summed E-state index contributed by atoms with van der Waals surface area (Å²) in [6.45, 7) is 6.44. The topological polar surface area (TPSA) is 89.0 Å². The molecule has 0 saturated carbocycles. The van der Waals surface area contributed by atoms with Gasteiger partial charge in [-0.2, -0.15) is 10.1 Å². The van der Waals surface area contributed by atoms with Crippen LogP contribution in [0.15, 0.2) is 54.7 Å². The van der Waals surface area contributed by atoms with E-state index in [1.807, 2.05) is 12.1 Å². The van der Waals surface area contributed by atoms with Gasteiger partial charge in [0.05, 0.1) is 18.4 Å². The molecule has 7 heteroatoms. The summed E-state index contributed by atoms with van der Waals surface area (Å²) in [5.74, 6) is 1.08. The average molecular weight is 377 g/mol. The average Bonchev–Trinajstić information content (AvgIpc) is 2.69. The molecule has 144 valence electrons. The Morgan fingerprint density at radius 1 is 1.00 bits per heavy atom. The van der Waals surface area contributed by atoms with E-state index in [4.69, 9.17) is 4.74 Å². The third-order valence-electron chi connectivity index (χ3n) is 4.06. The van der Waals surface area contributed by atoms with Crippen molar-refractivity contribution in [3.63, 3.8) is 0 Å². The number of rotatable bonds is 7. The van der Waals surface area contributed by atoms with Crippen LogP contribution in [0.3, 0.4) is 0 Å². The van der Waals surface area contributed by atoms with Gasteiger partial charge in [-0.05, 0) is 54.8 Å². The van der Waals surface area contributed by atoms with Gasteiger partial charge in [-0.15, -0.1) is 5.10 Å². The molecular formula is C21H23N5O2. The second kappa shape index (κ2) is 8.94. The van der Waals surface area contributed by atoms with Gasteiger partial charge < -0.3 is 15.4 Å². The summed E-state index contributed by atoms with van der Waals surface area (Å²) in [5, 5.41) is 14.3. The first-order valence-electron chi connectivity index (χ1n) is 9.16. The minimum absolute atomic E-state index is 0.340. The van der Waals surface area contributed by atoms with Crippen LogP contribution < -0.4 is 10.6 Å². The highest BCUT2D eigenvalue weighted by Crippen LogP contribution is 2.20. The molecule has 0 aliphatic carbocycles. The lowest BCUT2D eigenvalue weighted by atomic mass is 10.0. The van der Waals surface area contributed by atoms with Gasteiger partial charge in [0, 0.05) is 11.4 Å². The molecule has 0 fully saturated rings. The smallest absolute Gasteiger partial charge is 0.338 e. The molecule has 28 heavy (non-hydrogen) atoms. The molecule has 2 N–H and O–H groups in total. The monoisotopic (exact) mass is 377 g/mol. The van der Waals surface area contributed by atoms with E-state index in [0.29, 0.717) is 29.9 Å². The Labute approximate surface area is 164 Å². The number of aromatic nitrogens is 3. The van der Waals surface area contributed by atoms with Gasteiger partial charge in [-0.25, -0.2) is 4.79 Å². The number of nitrogens with one attached hydrogen (secondary N) is 2. The largest absolute Gasteiger partial charge is 0.462 e. The first kappa shape index (κ1) is 19.3. The molecule has 3 rings (SSSR count). The first-order valence-corrected chi connectivity index (χ1v) is 9.16. The zero-order chi connectivity index (χ0) is 19.9. The van der Waals surface area contributed by atoms with Crippen LogP contribution in [0.4, 0.5) is 23.1 Å². The first-order chi connectivity index (χ1) is 13.5. The fraction of sp³-hybridized carbons (Fsp3) is 0.238. The van der Waals surface area contributed by atoms with Crippen molar-refractivity contribution in [3.8, 4) is 0 Å². The van der Waals surface area contributed by atoms with Gasteiger partial charge >= 0.3 is 5.97 Å². The summed E-state index contributed by atoms with van der Waals surface area (Å²) < 4.78 is 4.98. The van der Waals surface area contributed by atoms with Gasteiger partial charge in [0.2, 0.25) is 5.95 Å². The predicted octanol–water partition coefficient (Wildman–Crippen LogP) is 4.66. The molecule has 0 amide bonds. The molecule has 0 saturated heterocycles. The van der Waals surface area contributed by atoms with Crippen LogP contribution in [-0.4, -0.2) is 27.8 Å². The number of ether oxygens (including phenoxy) is 1. The van der Waals surface area contributed by atoms with Crippen LogP contribution in [0.1, 0.15) is 42.6 Å². The van der Waals surface area contributed by atoms with Crippen molar-refractivity contribution < 1.29 is 9.53 Å². The fourth-order valence-electron chi connectivity index (χ4n) is 2.55. The molecule has 2 aromatic carbocycles. The number of carbonyl (C=O) groups excluding carboxylic acids is 1. The SMILES string of the molecule is CCOC(=O)c1ccc(Nc2cnnc(Nc3ccc(C(C)C)cc3)n2)cc1. The van der Waals surface area contributed by atoms with E-state index in [1.165, 1.54) is 11.8 Å². The van der Waals surface area contributed by atoms with Crippen molar-refractivity contribution in [1.82, 2.24) is 15.2 Å². The Kier molecular flexibility index (Phi) is 6.16. The summed E-state index contributed by atoms with van der Waals surface area (Å²) in [4.78, 5) is 16.1. The number of anilines is 4. The molecule has 0 bridgehead atoms. The molecule has 0 unspecified atom stereocenters. The summed E-state index contributed by atoms with van der Waals surface area (Å²) in [6, 6.07) is 15.1.